The van der Waals surface area contributed by atoms with E-state index in [2.05, 4.69) is 13.3 Å². The molecule has 5 nitrogen and oxygen atoms in total. The van der Waals surface area contributed by atoms with Crippen LogP contribution >= 0.6 is 0 Å². The van der Waals surface area contributed by atoms with Gasteiger partial charge in [-0.05, 0) is 32.1 Å². The predicted octanol–water partition coefficient (Wildman–Crippen LogP) is 0.995. The van der Waals surface area contributed by atoms with Crippen LogP contribution in [0.1, 0.15) is 0 Å². The molecule has 0 heterocycles. The summed E-state index contributed by atoms with van der Waals surface area (Å²) in [6.07, 6.45) is 10.0. The summed E-state index contributed by atoms with van der Waals surface area (Å²) >= 11 is 0. The summed E-state index contributed by atoms with van der Waals surface area (Å²) in [6.45, 7) is 9.00. The predicted molar refractivity (Wildman–Crippen MR) is 45.1 cm³/mol. The average Bonchev–Trinajstić information content (AvgIpc) is 2.79. The molecule has 18 heavy (non-hydrogen) atoms. The number of halogens is 3. The maximum absolute atomic E-state index is 10.7. The average molecular weight is 326 g/mol. The van der Waals surface area contributed by atoms with E-state index in [0.717, 1.165) is 0 Å². The van der Waals surface area contributed by atoms with Crippen LogP contribution in [-0.2, 0) is 36.5 Å². The molecule has 0 bridgehead atoms. The first-order valence-corrected chi connectivity index (χ1v) is 4.75. The van der Waals surface area contributed by atoms with Crippen LogP contribution < -0.4 is 0 Å². The van der Waals surface area contributed by atoms with E-state index in [4.69, 9.17) is 22.3 Å². The first-order valence-electron chi connectivity index (χ1n) is 3.35. The minimum absolute atomic E-state index is 0. The van der Waals surface area contributed by atoms with Crippen LogP contribution in [0, 0.1) is 45.4 Å². The van der Waals surface area contributed by atoms with Gasteiger partial charge in [0.15, 0.2) is 10.1 Å². The van der Waals surface area contributed by atoms with E-state index in [-0.39, 0.29) is 17.1 Å². The van der Waals surface area contributed by atoms with E-state index >= 15 is 0 Å². The zero-order valence-electron chi connectivity index (χ0n) is 8.32. The SMILES string of the molecule is O=S(=O)([O-])C(F)(F)F.[C-]#[O+].[C-]#[O+].[CH]1[CH][CH][CH][CH]1.[Fe+2]. The summed E-state index contributed by atoms with van der Waals surface area (Å²) in [4.78, 5) is 0. The van der Waals surface area contributed by atoms with Crippen molar-refractivity contribution in [1.29, 1.82) is 0 Å². The Hall–Kier alpha value is -0.301. The van der Waals surface area contributed by atoms with E-state index in [1.807, 2.05) is 32.1 Å². The van der Waals surface area contributed by atoms with Gasteiger partial charge in [-0.3, -0.25) is 0 Å². The summed E-state index contributed by atoms with van der Waals surface area (Å²) in [5.74, 6) is 0. The maximum Gasteiger partial charge on any atom is 2.00 e. The third-order valence-corrected chi connectivity index (χ3v) is 1.41. The molecule has 0 amide bonds. The van der Waals surface area contributed by atoms with Gasteiger partial charge < -0.3 is 4.55 Å². The monoisotopic (exact) mass is 326 g/mol. The summed E-state index contributed by atoms with van der Waals surface area (Å²) < 4.78 is 73.9. The van der Waals surface area contributed by atoms with Crippen LogP contribution in [0.4, 0.5) is 13.2 Å². The van der Waals surface area contributed by atoms with E-state index < -0.39 is 15.6 Å². The summed E-state index contributed by atoms with van der Waals surface area (Å²) in [6, 6.07) is 0. The Labute approximate surface area is 114 Å². The first-order chi connectivity index (χ1) is 7.75. The summed E-state index contributed by atoms with van der Waals surface area (Å²) in [5, 5.41) is 0. The second-order valence-electron chi connectivity index (χ2n) is 1.86. The third kappa shape index (κ3) is 18.1. The molecule has 1 saturated carbocycles. The topological polar surface area (TPSA) is 97.0 Å². The zero-order valence-corrected chi connectivity index (χ0v) is 10.2. The van der Waals surface area contributed by atoms with Crippen LogP contribution in [-0.4, -0.2) is 18.5 Å². The fourth-order valence-corrected chi connectivity index (χ4v) is 0.321. The first kappa shape index (κ1) is 26.3. The molecule has 5 radical (unpaired) electrons. The van der Waals surface area contributed by atoms with Gasteiger partial charge in [-0.2, -0.15) is 13.2 Å². The molecule has 0 aliphatic heterocycles. The Morgan fingerprint density at radius 2 is 1.00 bits per heavy atom. The van der Waals surface area contributed by atoms with E-state index in [0.29, 0.717) is 0 Å². The minimum Gasteiger partial charge on any atom is -0.0312 e. The second kappa shape index (κ2) is 14.8. The Kier molecular flexibility index (Phi) is 21.6. The van der Waals surface area contributed by atoms with Crippen molar-refractivity contribution in [3.05, 3.63) is 45.4 Å². The van der Waals surface area contributed by atoms with Crippen molar-refractivity contribution in [2.24, 2.45) is 0 Å². The molecular weight excluding hydrogens is 321 g/mol. The molecule has 0 aromatic rings. The Balaban J connectivity index is -0.0000000847. The molecule has 1 aliphatic rings. The molecule has 101 valence electrons. The van der Waals surface area contributed by atoms with Gasteiger partial charge in [0, 0.05) is 0 Å². The van der Waals surface area contributed by atoms with Crippen molar-refractivity contribution in [1.82, 2.24) is 0 Å². The Bertz CT molecular complexity index is 292. The molecule has 0 atom stereocenters. The van der Waals surface area contributed by atoms with Crippen molar-refractivity contribution >= 4 is 10.1 Å². The molecule has 1 aliphatic carbocycles. The van der Waals surface area contributed by atoms with Gasteiger partial charge in [0.1, 0.15) is 0 Å². The van der Waals surface area contributed by atoms with Crippen LogP contribution in [0.2, 0.25) is 0 Å². The largest absolute Gasteiger partial charge is 2.00 e. The third-order valence-electron chi connectivity index (χ3n) is 0.839. The normalized spacial score (nSPS) is 13.1. The summed E-state index contributed by atoms with van der Waals surface area (Å²) in [5.41, 5.74) is -5.65. The molecule has 0 aromatic carbocycles. The van der Waals surface area contributed by atoms with Gasteiger partial charge in [-0.25, -0.2) is 8.42 Å². The quantitative estimate of drug-likeness (QED) is 0.218. The van der Waals surface area contributed by atoms with Crippen molar-refractivity contribution in [2.45, 2.75) is 5.51 Å². The number of hydrogen-bond acceptors (Lipinski definition) is 3. The van der Waals surface area contributed by atoms with Gasteiger partial charge in [-0.15, -0.1) is 0 Å². The molecule has 1 fully saturated rings. The molecule has 0 N–H and O–H groups in total. The van der Waals surface area contributed by atoms with Crippen molar-refractivity contribution in [3.63, 3.8) is 0 Å². The summed E-state index contributed by atoms with van der Waals surface area (Å²) in [7, 11) is -6.09. The Morgan fingerprint density at radius 3 is 1.06 bits per heavy atom. The van der Waals surface area contributed by atoms with Gasteiger partial charge in [-0.1, -0.05) is 0 Å². The molecule has 0 aromatic heterocycles. The van der Waals surface area contributed by atoms with Crippen LogP contribution in [0.15, 0.2) is 0 Å². The van der Waals surface area contributed by atoms with E-state index in [9.17, 15) is 13.2 Å². The number of hydrogen-bond donors (Lipinski definition) is 0. The molecular formula is C8H5F3FeO5S+. The second-order valence-corrected chi connectivity index (χ2v) is 3.23. The molecule has 1 rings (SSSR count). The van der Waals surface area contributed by atoms with Crippen molar-refractivity contribution in [3.8, 4) is 0 Å². The van der Waals surface area contributed by atoms with Gasteiger partial charge >= 0.3 is 45.2 Å². The van der Waals surface area contributed by atoms with Crippen LogP contribution in [0.25, 0.3) is 0 Å². The van der Waals surface area contributed by atoms with Gasteiger partial charge in [0.05, 0.1) is 0 Å². The standard InChI is InChI=1S/C5H5.CHF3O3S.2CO.Fe/c1-2-4-5-3-1;2-1(3,4)8(5,6)7;2*1-2;/h1-5H;(H,5,6,7);;;/q;;;;+2/p-1. The smallest absolute Gasteiger partial charge is 0.0312 e. The van der Waals surface area contributed by atoms with Gasteiger partial charge in [0.25, 0.3) is 0 Å². The van der Waals surface area contributed by atoms with Crippen LogP contribution in [0.3, 0.4) is 0 Å². The Morgan fingerprint density at radius 1 is 0.889 bits per heavy atom. The maximum atomic E-state index is 10.7. The fraction of sp³-hybridized carbons (Fsp3) is 0.125. The number of alkyl halides is 3. The fourth-order valence-electron chi connectivity index (χ4n) is 0.321. The van der Waals surface area contributed by atoms with E-state index in [1.54, 1.807) is 0 Å². The van der Waals surface area contributed by atoms with Gasteiger partial charge in [0.2, 0.25) is 0 Å². The van der Waals surface area contributed by atoms with Crippen molar-refractivity contribution < 1.29 is 52.5 Å². The zero-order chi connectivity index (χ0) is 14.5. The van der Waals surface area contributed by atoms with E-state index in [1.165, 1.54) is 0 Å². The molecule has 0 spiro atoms. The molecule has 10 heteroatoms. The molecule has 0 unspecified atom stereocenters. The van der Waals surface area contributed by atoms with Crippen molar-refractivity contribution in [2.75, 3.05) is 0 Å². The van der Waals surface area contributed by atoms with Crippen LogP contribution in [0.5, 0.6) is 0 Å². The minimum atomic E-state index is -6.09. The number of rotatable bonds is 0. The molecule has 0 saturated heterocycles.